The molecule has 3 aliphatic heterocycles. The molecular formula is C64H66O14. The Morgan fingerprint density at radius 1 is 0.500 bits per heavy atom. The Morgan fingerprint density at radius 2 is 0.974 bits per heavy atom. The highest BCUT2D eigenvalue weighted by molar-refractivity contribution is 5.66. The molecule has 0 spiro atoms. The highest BCUT2D eigenvalue weighted by Crippen LogP contribution is 2.44. The summed E-state index contributed by atoms with van der Waals surface area (Å²) in [4.78, 5) is 13.3. The molecule has 3 fully saturated rings. The van der Waals surface area contributed by atoms with Gasteiger partial charge in [-0.05, 0) is 57.6 Å². The smallest absolute Gasteiger partial charge is 0.303 e. The Balaban J connectivity index is 1.10. The molecule has 0 saturated carbocycles. The molecule has 0 aliphatic carbocycles. The summed E-state index contributed by atoms with van der Waals surface area (Å²) in [5, 5.41) is 0. The first-order chi connectivity index (χ1) is 38.3. The summed E-state index contributed by atoms with van der Waals surface area (Å²) in [6.07, 6.45) is -10.7. The number of esters is 1. The van der Waals surface area contributed by atoms with Gasteiger partial charge in [-0.25, -0.2) is 0 Å². The van der Waals surface area contributed by atoms with Crippen LogP contribution >= 0.6 is 0 Å². The summed E-state index contributed by atoms with van der Waals surface area (Å²) >= 11 is 0. The van der Waals surface area contributed by atoms with E-state index in [1.54, 1.807) is 14.2 Å². The van der Waals surface area contributed by atoms with Crippen molar-refractivity contribution in [3.05, 3.63) is 239 Å². The molecule has 3 heterocycles. The van der Waals surface area contributed by atoms with Crippen molar-refractivity contribution in [3.63, 3.8) is 0 Å². The quantitative estimate of drug-likeness (QED) is 0.0470. The SMILES string of the molecule is COc1ccc(C(OC[C@H]2O[C@H](O[C@H]3[C@@H](OC)O[C@@H]4COC(c5ccccc5)O[C@H]4[C@@H]3OC(C)=O)[C@H](OCc3ccccc3)[C@@H](OCc3ccccc3)[C@@H]2OCc2ccccc2)(c2ccccc2)c2ccc(OC)cc2)cc1. The van der Waals surface area contributed by atoms with Gasteiger partial charge >= 0.3 is 5.97 Å². The van der Waals surface area contributed by atoms with Crippen LogP contribution in [0.25, 0.3) is 0 Å². The molecule has 7 aromatic rings. The molecule has 14 nitrogen and oxygen atoms in total. The summed E-state index contributed by atoms with van der Waals surface area (Å²) < 4.78 is 86.8. The number of carbonyl (C=O) groups excluding carboxylic acids is 1. The fourth-order valence-electron chi connectivity index (χ4n) is 10.4. The lowest BCUT2D eigenvalue weighted by Gasteiger charge is -2.51. The van der Waals surface area contributed by atoms with Crippen LogP contribution in [0.3, 0.4) is 0 Å². The second-order valence-corrected chi connectivity index (χ2v) is 19.3. The Morgan fingerprint density at radius 3 is 1.47 bits per heavy atom. The Bertz CT molecular complexity index is 2850. The first-order valence-electron chi connectivity index (χ1n) is 26.3. The molecule has 3 aliphatic rings. The van der Waals surface area contributed by atoms with Gasteiger partial charge in [0.05, 0.1) is 47.3 Å². The zero-order valence-corrected chi connectivity index (χ0v) is 44.2. The van der Waals surface area contributed by atoms with Gasteiger partial charge < -0.3 is 61.6 Å². The van der Waals surface area contributed by atoms with Gasteiger partial charge in [-0.3, -0.25) is 4.79 Å². The van der Waals surface area contributed by atoms with Gasteiger partial charge in [-0.2, -0.15) is 0 Å². The molecule has 14 heteroatoms. The van der Waals surface area contributed by atoms with Gasteiger partial charge in [0.1, 0.15) is 53.7 Å². The molecule has 78 heavy (non-hydrogen) atoms. The molecule has 406 valence electrons. The molecule has 3 saturated heterocycles. The molecule has 0 radical (unpaired) electrons. The van der Waals surface area contributed by atoms with Crippen LogP contribution in [-0.2, 0) is 82.3 Å². The fraction of sp³-hybridized carbons (Fsp3) is 0.328. The second-order valence-electron chi connectivity index (χ2n) is 19.3. The number of ether oxygens (including phenoxy) is 13. The summed E-state index contributed by atoms with van der Waals surface area (Å²) in [5.41, 5.74) is 4.76. The van der Waals surface area contributed by atoms with E-state index in [1.165, 1.54) is 14.0 Å². The minimum Gasteiger partial charge on any atom is -0.497 e. The third-order valence-corrected chi connectivity index (χ3v) is 14.3. The minimum atomic E-state index is -1.28. The van der Waals surface area contributed by atoms with Crippen LogP contribution < -0.4 is 9.47 Å². The molecule has 0 N–H and O–H groups in total. The van der Waals surface area contributed by atoms with Gasteiger partial charge in [-0.15, -0.1) is 0 Å². The van der Waals surface area contributed by atoms with Crippen molar-refractivity contribution in [1.82, 2.24) is 0 Å². The highest BCUT2D eigenvalue weighted by Gasteiger charge is 2.57. The number of benzene rings is 7. The summed E-state index contributed by atoms with van der Waals surface area (Å²) in [7, 11) is 4.78. The van der Waals surface area contributed by atoms with Crippen molar-refractivity contribution < 1.29 is 66.4 Å². The van der Waals surface area contributed by atoms with Gasteiger partial charge in [0.2, 0.25) is 0 Å². The average molecular weight is 1060 g/mol. The van der Waals surface area contributed by atoms with E-state index in [-0.39, 0.29) is 33.0 Å². The number of hydrogen-bond acceptors (Lipinski definition) is 14. The van der Waals surface area contributed by atoms with E-state index in [4.69, 9.17) is 61.6 Å². The van der Waals surface area contributed by atoms with Crippen molar-refractivity contribution in [1.29, 1.82) is 0 Å². The maximum Gasteiger partial charge on any atom is 0.303 e. The number of rotatable bonds is 22. The van der Waals surface area contributed by atoms with Crippen LogP contribution in [0.1, 0.15) is 52.2 Å². The van der Waals surface area contributed by atoms with Gasteiger partial charge in [0, 0.05) is 19.6 Å². The van der Waals surface area contributed by atoms with Gasteiger partial charge in [-0.1, -0.05) is 176 Å². The van der Waals surface area contributed by atoms with Crippen LogP contribution in [0.15, 0.2) is 200 Å². The topological polar surface area (TPSA) is 137 Å². The van der Waals surface area contributed by atoms with Crippen molar-refractivity contribution in [2.45, 2.75) is 100 Å². The lowest BCUT2D eigenvalue weighted by atomic mass is 9.80. The maximum atomic E-state index is 13.3. The highest BCUT2D eigenvalue weighted by atomic mass is 16.8. The average Bonchev–Trinajstić information content (AvgIpc) is 3.53. The van der Waals surface area contributed by atoms with Gasteiger partial charge in [0.25, 0.3) is 0 Å². The first-order valence-corrected chi connectivity index (χ1v) is 26.3. The molecule has 10 rings (SSSR count). The van der Waals surface area contributed by atoms with E-state index in [2.05, 4.69) is 0 Å². The van der Waals surface area contributed by atoms with Gasteiger partial charge in [0.15, 0.2) is 31.1 Å². The van der Waals surface area contributed by atoms with E-state index in [1.807, 2.05) is 200 Å². The van der Waals surface area contributed by atoms with Crippen LogP contribution in [0, 0.1) is 0 Å². The molecular weight excluding hydrogens is 993 g/mol. The number of hydrogen-bond donors (Lipinski definition) is 0. The minimum absolute atomic E-state index is 0.0883. The monoisotopic (exact) mass is 1060 g/mol. The molecule has 0 aromatic heterocycles. The lowest BCUT2D eigenvalue weighted by Crippen LogP contribution is -2.67. The first kappa shape index (κ1) is 54.6. The van der Waals surface area contributed by atoms with Crippen LogP contribution in [0.2, 0.25) is 0 Å². The summed E-state index contributed by atoms with van der Waals surface area (Å²) in [6.45, 7) is 1.89. The Hall–Kier alpha value is -6.79. The molecule has 11 atom stereocenters. The Labute approximate surface area is 455 Å². The number of methoxy groups -OCH3 is 3. The largest absolute Gasteiger partial charge is 0.497 e. The third-order valence-electron chi connectivity index (χ3n) is 14.3. The zero-order chi connectivity index (χ0) is 53.7. The predicted molar refractivity (Wildman–Crippen MR) is 288 cm³/mol. The molecule has 0 amide bonds. The predicted octanol–water partition coefficient (Wildman–Crippen LogP) is 10.3. The van der Waals surface area contributed by atoms with E-state index in [9.17, 15) is 4.79 Å². The van der Waals surface area contributed by atoms with Crippen molar-refractivity contribution in [2.24, 2.45) is 0 Å². The van der Waals surface area contributed by atoms with Crippen LogP contribution in [0.5, 0.6) is 11.5 Å². The third kappa shape index (κ3) is 12.7. The summed E-state index contributed by atoms with van der Waals surface area (Å²) in [6, 6.07) is 64.9. The van der Waals surface area contributed by atoms with Crippen LogP contribution in [-0.4, -0.2) is 102 Å². The normalized spacial score (nSPS) is 25.1. The second kappa shape index (κ2) is 26.2. The summed E-state index contributed by atoms with van der Waals surface area (Å²) in [5.74, 6) is 0.805. The van der Waals surface area contributed by atoms with Crippen molar-refractivity contribution >= 4 is 5.97 Å². The maximum absolute atomic E-state index is 13.3. The molecule has 0 bridgehead atoms. The lowest BCUT2D eigenvalue weighted by molar-refractivity contribution is -0.396. The van der Waals surface area contributed by atoms with Crippen LogP contribution in [0.4, 0.5) is 0 Å². The zero-order valence-electron chi connectivity index (χ0n) is 44.2. The van der Waals surface area contributed by atoms with Crippen molar-refractivity contribution in [3.8, 4) is 11.5 Å². The van der Waals surface area contributed by atoms with E-state index in [0.29, 0.717) is 11.5 Å². The standard InChI is InChI=1S/C64H66O14/c1-43(65)74-58-56-53(41-72-61(77-56)47-26-16-8-17-27-47)75-62(68-4)60(58)78-63-59(71-40-46-24-14-7-15-25-46)57(70-39-45-22-12-6-13-23-45)55(69-38-44-20-10-5-11-21-44)54(76-63)42-73-64(48-28-18-9-19-29-48,49-30-34-51(66-2)35-31-49)50-32-36-52(67-3)37-33-50/h5-37,53-63H,38-42H2,1-4H3/t53-,54-,55-,56-,57+,58+,59-,60-,61?,62+,63-/m1/s1. The number of carbonyl (C=O) groups is 1. The van der Waals surface area contributed by atoms with E-state index >= 15 is 0 Å². The molecule has 7 aromatic carbocycles. The Kier molecular flexibility index (Phi) is 18.4. The molecule has 1 unspecified atom stereocenters. The fourth-order valence-corrected chi connectivity index (χ4v) is 10.4. The van der Waals surface area contributed by atoms with E-state index < -0.39 is 79.3 Å². The van der Waals surface area contributed by atoms with Crippen molar-refractivity contribution in [2.75, 3.05) is 34.5 Å². The number of fused-ring (bicyclic) bond motifs is 1. The van der Waals surface area contributed by atoms with E-state index in [0.717, 1.165) is 38.9 Å².